The fraction of sp³-hybridized carbons (Fsp3) is 0.529. The van der Waals surface area contributed by atoms with Crippen molar-refractivity contribution in [3.8, 4) is 0 Å². The molecule has 2 rings (SSSR count). The lowest BCUT2D eigenvalue weighted by molar-refractivity contribution is 0.554. The summed E-state index contributed by atoms with van der Waals surface area (Å²) in [5.41, 5.74) is 4.43. The SMILES string of the molecule is C/C1=C(\N[C@H](C)c2ccccc2)CCCCCC1. The Morgan fingerprint density at radius 1 is 0.944 bits per heavy atom. The Kier molecular flexibility index (Phi) is 4.86. The van der Waals surface area contributed by atoms with Crippen LogP contribution in [0.5, 0.6) is 0 Å². The maximum Gasteiger partial charge on any atom is 0.0482 e. The third-order valence-corrected chi connectivity index (χ3v) is 3.93. The van der Waals surface area contributed by atoms with Crippen molar-refractivity contribution >= 4 is 0 Å². The van der Waals surface area contributed by atoms with Crippen LogP contribution in [-0.2, 0) is 0 Å². The maximum absolute atomic E-state index is 3.73. The summed E-state index contributed by atoms with van der Waals surface area (Å²) in [5.74, 6) is 0. The van der Waals surface area contributed by atoms with Gasteiger partial charge in [-0.25, -0.2) is 0 Å². The van der Waals surface area contributed by atoms with Gasteiger partial charge in [0.15, 0.2) is 0 Å². The topological polar surface area (TPSA) is 12.0 Å². The van der Waals surface area contributed by atoms with Gasteiger partial charge in [0.25, 0.3) is 0 Å². The molecule has 0 fully saturated rings. The molecule has 1 atom stereocenters. The van der Waals surface area contributed by atoms with Gasteiger partial charge in [0.2, 0.25) is 0 Å². The van der Waals surface area contributed by atoms with Crippen LogP contribution in [0.3, 0.4) is 0 Å². The van der Waals surface area contributed by atoms with E-state index in [4.69, 9.17) is 0 Å². The summed E-state index contributed by atoms with van der Waals surface area (Å²) >= 11 is 0. The number of nitrogens with one attached hydrogen (secondary N) is 1. The number of hydrogen-bond acceptors (Lipinski definition) is 1. The summed E-state index contributed by atoms with van der Waals surface area (Å²) in [5, 5.41) is 3.73. The van der Waals surface area contributed by atoms with Crippen molar-refractivity contribution in [1.82, 2.24) is 5.32 Å². The van der Waals surface area contributed by atoms with Crippen LogP contribution >= 0.6 is 0 Å². The van der Waals surface area contributed by atoms with Gasteiger partial charge in [0, 0.05) is 11.7 Å². The molecule has 0 saturated carbocycles. The molecule has 1 nitrogen and oxygen atoms in total. The summed E-state index contributed by atoms with van der Waals surface area (Å²) in [7, 11) is 0. The Hall–Kier alpha value is -1.24. The number of rotatable bonds is 3. The average Bonchev–Trinajstić information content (AvgIpc) is 2.39. The van der Waals surface area contributed by atoms with E-state index in [1.165, 1.54) is 49.8 Å². The molecule has 0 bridgehead atoms. The summed E-state index contributed by atoms with van der Waals surface area (Å²) in [6.45, 7) is 4.56. The molecule has 98 valence electrons. The minimum absolute atomic E-state index is 0.413. The monoisotopic (exact) mass is 243 g/mol. The lowest BCUT2D eigenvalue weighted by Crippen LogP contribution is -2.20. The Labute approximate surface area is 111 Å². The predicted molar refractivity (Wildman–Crippen MR) is 78.4 cm³/mol. The molecule has 0 amide bonds. The Morgan fingerprint density at radius 2 is 1.61 bits per heavy atom. The van der Waals surface area contributed by atoms with Gasteiger partial charge in [0.1, 0.15) is 0 Å². The van der Waals surface area contributed by atoms with E-state index in [1.54, 1.807) is 5.57 Å². The molecule has 0 aromatic heterocycles. The lowest BCUT2D eigenvalue weighted by Gasteiger charge is -2.22. The van der Waals surface area contributed by atoms with Crippen LogP contribution in [0.4, 0.5) is 0 Å². The van der Waals surface area contributed by atoms with Crippen molar-refractivity contribution in [1.29, 1.82) is 0 Å². The van der Waals surface area contributed by atoms with Crippen LogP contribution in [0.2, 0.25) is 0 Å². The smallest absolute Gasteiger partial charge is 0.0482 e. The van der Waals surface area contributed by atoms with Gasteiger partial charge in [0.05, 0.1) is 0 Å². The minimum atomic E-state index is 0.413. The highest BCUT2D eigenvalue weighted by molar-refractivity contribution is 5.21. The molecule has 0 aliphatic heterocycles. The Morgan fingerprint density at radius 3 is 2.33 bits per heavy atom. The summed E-state index contributed by atoms with van der Waals surface area (Å²) in [6.07, 6.45) is 7.97. The quantitative estimate of drug-likeness (QED) is 0.790. The van der Waals surface area contributed by atoms with Crippen molar-refractivity contribution < 1.29 is 0 Å². The minimum Gasteiger partial charge on any atom is -0.382 e. The second kappa shape index (κ2) is 6.63. The first-order chi connectivity index (χ1) is 8.77. The van der Waals surface area contributed by atoms with E-state index in [9.17, 15) is 0 Å². The molecule has 0 unspecified atom stereocenters. The first kappa shape index (κ1) is 13.2. The Balaban J connectivity index is 2.04. The van der Waals surface area contributed by atoms with Crippen LogP contribution in [-0.4, -0.2) is 0 Å². The van der Waals surface area contributed by atoms with Gasteiger partial charge in [-0.05, 0) is 45.1 Å². The molecule has 1 aliphatic carbocycles. The third kappa shape index (κ3) is 3.63. The van der Waals surface area contributed by atoms with Gasteiger partial charge >= 0.3 is 0 Å². The summed E-state index contributed by atoms with van der Waals surface area (Å²) in [6, 6.07) is 11.1. The highest BCUT2D eigenvalue weighted by Gasteiger charge is 2.10. The molecule has 1 heteroatoms. The predicted octanol–water partition coefficient (Wildman–Crippen LogP) is 4.97. The van der Waals surface area contributed by atoms with Crippen molar-refractivity contribution in [3.63, 3.8) is 0 Å². The first-order valence-electron chi connectivity index (χ1n) is 7.27. The molecule has 1 aliphatic rings. The second-order valence-electron chi connectivity index (χ2n) is 5.45. The van der Waals surface area contributed by atoms with E-state index >= 15 is 0 Å². The van der Waals surface area contributed by atoms with E-state index < -0.39 is 0 Å². The normalized spacial score (nSPS) is 23.0. The zero-order valence-corrected chi connectivity index (χ0v) is 11.7. The van der Waals surface area contributed by atoms with E-state index in [0.29, 0.717) is 6.04 Å². The van der Waals surface area contributed by atoms with Crippen molar-refractivity contribution in [2.45, 2.75) is 58.4 Å². The van der Waals surface area contributed by atoms with Gasteiger partial charge in [-0.15, -0.1) is 0 Å². The van der Waals surface area contributed by atoms with Gasteiger partial charge in [-0.1, -0.05) is 48.7 Å². The Bertz CT molecular complexity index is 391. The summed E-state index contributed by atoms with van der Waals surface area (Å²) < 4.78 is 0. The van der Waals surface area contributed by atoms with Crippen LogP contribution in [0.15, 0.2) is 41.6 Å². The molecular formula is C17H25N. The molecule has 1 aromatic carbocycles. The number of benzene rings is 1. The molecule has 0 saturated heterocycles. The summed E-state index contributed by atoms with van der Waals surface area (Å²) in [4.78, 5) is 0. The molecular weight excluding hydrogens is 218 g/mol. The molecule has 1 aromatic rings. The van der Waals surface area contributed by atoms with Crippen LogP contribution < -0.4 is 5.32 Å². The van der Waals surface area contributed by atoms with Crippen LogP contribution in [0, 0.1) is 0 Å². The molecule has 0 radical (unpaired) electrons. The van der Waals surface area contributed by atoms with Gasteiger partial charge in [-0.2, -0.15) is 0 Å². The van der Waals surface area contributed by atoms with E-state index in [-0.39, 0.29) is 0 Å². The number of hydrogen-bond donors (Lipinski definition) is 1. The largest absolute Gasteiger partial charge is 0.382 e. The van der Waals surface area contributed by atoms with Crippen LogP contribution in [0.1, 0.15) is 64.0 Å². The highest BCUT2D eigenvalue weighted by Crippen LogP contribution is 2.23. The zero-order valence-electron chi connectivity index (χ0n) is 11.7. The van der Waals surface area contributed by atoms with Crippen molar-refractivity contribution in [3.05, 3.63) is 47.2 Å². The second-order valence-corrected chi connectivity index (χ2v) is 5.45. The van der Waals surface area contributed by atoms with Gasteiger partial charge in [-0.3, -0.25) is 0 Å². The average molecular weight is 243 g/mol. The van der Waals surface area contributed by atoms with E-state index in [2.05, 4.69) is 49.5 Å². The maximum atomic E-state index is 3.73. The number of allylic oxidation sites excluding steroid dienone is 2. The standard InChI is InChI=1S/C17H25N/c1-14-10-6-3-4-9-13-17(14)18-15(2)16-11-7-5-8-12-16/h5,7-8,11-12,15,18H,3-4,6,9-10,13H2,1-2H3/b17-14+/t15-/m1/s1. The third-order valence-electron chi connectivity index (χ3n) is 3.93. The molecule has 1 N–H and O–H groups in total. The van der Waals surface area contributed by atoms with Crippen molar-refractivity contribution in [2.75, 3.05) is 0 Å². The lowest BCUT2D eigenvalue weighted by atomic mass is 9.97. The molecule has 0 spiro atoms. The fourth-order valence-electron chi connectivity index (χ4n) is 2.69. The zero-order chi connectivity index (χ0) is 12.8. The van der Waals surface area contributed by atoms with Gasteiger partial charge < -0.3 is 5.32 Å². The molecule has 0 heterocycles. The highest BCUT2D eigenvalue weighted by atomic mass is 14.9. The van der Waals surface area contributed by atoms with Crippen LogP contribution in [0.25, 0.3) is 0 Å². The molecule has 18 heavy (non-hydrogen) atoms. The van der Waals surface area contributed by atoms with E-state index in [1.807, 2.05) is 0 Å². The van der Waals surface area contributed by atoms with E-state index in [0.717, 1.165) is 0 Å². The van der Waals surface area contributed by atoms with Crippen molar-refractivity contribution in [2.24, 2.45) is 0 Å². The fourth-order valence-corrected chi connectivity index (χ4v) is 2.69. The first-order valence-corrected chi connectivity index (χ1v) is 7.27.